The third-order valence-corrected chi connectivity index (χ3v) is 17.6. The van der Waals surface area contributed by atoms with Gasteiger partial charge in [-0.05, 0) is 104 Å². The zero-order valence-electron chi connectivity index (χ0n) is 38.2. The van der Waals surface area contributed by atoms with E-state index in [-0.39, 0.29) is 30.0 Å². The first-order valence-electron chi connectivity index (χ1n) is 23.4. The molecule has 10 unspecified atom stereocenters. The highest BCUT2D eigenvalue weighted by Crippen LogP contribution is 2.73. The van der Waals surface area contributed by atoms with Crippen molar-refractivity contribution in [3.05, 3.63) is 23.3 Å². The van der Waals surface area contributed by atoms with Gasteiger partial charge in [-0.15, -0.1) is 0 Å². The van der Waals surface area contributed by atoms with Gasteiger partial charge < -0.3 is 74.4 Å². The first-order valence-corrected chi connectivity index (χ1v) is 23.4. The highest BCUT2D eigenvalue weighted by molar-refractivity contribution is 5.82. The zero-order valence-corrected chi connectivity index (χ0v) is 38.2. The van der Waals surface area contributed by atoms with Crippen LogP contribution in [-0.2, 0) is 33.2 Å². The van der Waals surface area contributed by atoms with Crippen LogP contribution in [0.4, 0.5) is 0 Å². The molecule has 0 amide bonds. The molecule has 9 N–H and O–H groups in total. The van der Waals surface area contributed by atoms with Crippen LogP contribution < -0.4 is 0 Å². The van der Waals surface area contributed by atoms with Gasteiger partial charge in [0.1, 0.15) is 61.0 Å². The molecule has 0 aromatic rings. The summed E-state index contributed by atoms with van der Waals surface area (Å²) in [5, 5.41) is 96.0. The van der Waals surface area contributed by atoms with E-state index in [2.05, 4.69) is 55.0 Å². The summed E-state index contributed by atoms with van der Waals surface area (Å²) in [5.41, 5.74) is 1.56. The second-order valence-electron chi connectivity index (χ2n) is 21.5. The summed E-state index contributed by atoms with van der Waals surface area (Å²) in [6, 6.07) is 0. The lowest BCUT2D eigenvalue weighted by Crippen LogP contribution is -2.65. The van der Waals surface area contributed by atoms with Crippen LogP contribution in [0.25, 0.3) is 0 Å². The van der Waals surface area contributed by atoms with E-state index >= 15 is 0 Å². The van der Waals surface area contributed by atoms with E-state index in [1.54, 1.807) is 0 Å². The predicted octanol–water partition coefficient (Wildman–Crippen LogP) is 2.54. The van der Waals surface area contributed by atoms with Gasteiger partial charge in [0.15, 0.2) is 18.9 Å². The van der Waals surface area contributed by atoms with E-state index in [0.717, 1.165) is 44.1 Å². The zero-order chi connectivity index (χ0) is 46.1. The number of ether oxygens (including phenoxy) is 6. The maximum Gasteiger partial charge on any atom is 0.314 e. The fourth-order valence-electron chi connectivity index (χ4n) is 13.6. The Morgan fingerprint density at radius 1 is 0.746 bits per heavy atom. The smallest absolute Gasteiger partial charge is 0.314 e. The van der Waals surface area contributed by atoms with Crippen molar-refractivity contribution in [2.75, 3.05) is 19.8 Å². The van der Waals surface area contributed by atoms with Crippen molar-refractivity contribution in [2.24, 2.45) is 45.3 Å². The normalized spacial score (nSPS) is 48.0. The quantitative estimate of drug-likeness (QED) is 0.121. The number of aliphatic carboxylic acids is 1. The molecule has 0 aromatic heterocycles. The molecule has 7 rings (SSSR count). The lowest BCUT2D eigenvalue weighted by Gasteiger charge is -2.62. The summed E-state index contributed by atoms with van der Waals surface area (Å²) in [6.45, 7) is 18.4. The number of aliphatic hydroxyl groups excluding tert-OH is 8. The third-order valence-electron chi connectivity index (χ3n) is 17.6. The highest BCUT2D eigenvalue weighted by Gasteiger charge is 2.68. The molecule has 0 radical (unpaired) electrons. The van der Waals surface area contributed by atoms with Gasteiger partial charge in [-0.25, -0.2) is 0 Å². The molecule has 3 heterocycles. The molecule has 2 saturated carbocycles. The second-order valence-corrected chi connectivity index (χ2v) is 21.5. The minimum Gasteiger partial charge on any atom is -0.481 e. The molecule has 5 fully saturated rings. The summed E-state index contributed by atoms with van der Waals surface area (Å²) in [6.07, 6.45) is -12.7. The third kappa shape index (κ3) is 8.31. The number of hydrogen-bond donors (Lipinski definition) is 9. The van der Waals surface area contributed by atoms with Crippen LogP contribution in [0.15, 0.2) is 23.3 Å². The predicted molar refractivity (Wildman–Crippen MR) is 225 cm³/mol. The van der Waals surface area contributed by atoms with Crippen LogP contribution >= 0.6 is 0 Å². The number of allylic oxidation sites excluding steroid dienone is 2. The van der Waals surface area contributed by atoms with Crippen LogP contribution in [0.1, 0.15) is 113 Å². The highest BCUT2D eigenvalue weighted by atomic mass is 16.8. The monoisotopic (exact) mass is 897 g/mol. The van der Waals surface area contributed by atoms with Crippen molar-refractivity contribution >= 4 is 5.97 Å². The Morgan fingerprint density at radius 2 is 1.40 bits per heavy atom. The minimum absolute atomic E-state index is 0.0839. The Bertz CT molecular complexity index is 1690. The topological polar surface area (TPSA) is 255 Å². The first-order chi connectivity index (χ1) is 29.5. The van der Waals surface area contributed by atoms with Crippen LogP contribution in [0.3, 0.4) is 0 Å². The fraction of sp³-hybridized carbons (Fsp3) is 0.894. The number of carboxylic acids is 1. The van der Waals surface area contributed by atoms with Crippen molar-refractivity contribution in [2.45, 2.75) is 199 Å². The van der Waals surface area contributed by atoms with Gasteiger partial charge in [0.25, 0.3) is 0 Å². The first kappa shape index (κ1) is 49.3. The Labute approximate surface area is 371 Å². The number of carbonyl (C=O) groups is 1. The molecular formula is C47H76O16. The molecule has 0 spiro atoms. The summed E-state index contributed by atoms with van der Waals surface area (Å²) in [4.78, 5) is 13.9. The van der Waals surface area contributed by atoms with Gasteiger partial charge in [-0.2, -0.15) is 0 Å². The number of fused-ring (bicyclic) bond motifs is 4. The van der Waals surface area contributed by atoms with E-state index in [9.17, 15) is 50.8 Å². The van der Waals surface area contributed by atoms with Crippen molar-refractivity contribution < 1.29 is 79.2 Å². The van der Waals surface area contributed by atoms with Gasteiger partial charge in [-0.3, -0.25) is 4.79 Å². The van der Waals surface area contributed by atoms with Crippen molar-refractivity contribution in [3.63, 3.8) is 0 Å². The van der Waals surface area contributed by atoms with Crippen molar-refractivity contribution in [1.29, 1.82) is 0 Å². The molecule has 20 atom stereocenters. The van der Waals surface area contributed by atoms with E-state index < -0.39 is 109 Å². The lowest BCUT2D eigenvalue weighted by molar-refractivity contribution is -0.384. The molecule has 16 heteroatoms. The molecule has 0 bridgehead atoms. The number of hydrogen-bond acceptors (Lipinski definition) is 15. The lowest BCUT2D eigenvalue weighted by atomic mass is 9.43. The van der Waals surface area contributed by atoms with E-state index in [0.29, 0.717) is 43.4 Å². The van der Waals surface area contributed by atoms with Gasteiger partial charge in [-0.1, -0.05) is 71.8 Å². The Kier molecular flexibility index (Phi) is 14.5. The largest absolute Gasteiger partial charge is 0.481 e. The average Bonchev–Trinajstić information content (AvgIpc) is 3.57. The van der Waals surface area contributed by atoms with E-state index in [4.69, 9.17) is 28.4 Å². The maximum absolute atomic E-state index is 13.9. The SMILES string of the molecule is C=C(CC[C@@H](C)C1CCC2(C(=O)O)C3=C(CC[C@]12C)[C@@]1(C)CC[C@H](O[C@@H]2OC[C@H](O)C(O[C@@H]4OC[C@H](O)C(O)C4O)C2O[C@@H]2OC(CO)[C@H](O)C(O)C2O)C(C)(C)C1CC3)C(C)C. The molecule has 3 aliphatic heterocycles. The molecule has 63 heavy (non-hydrogen) atoms. The number of carboxylic acid groups (broad SMARTS) is 1. The minimum atomic E-state index is -1.82. The summed E-state index contributed by atoms with van der Waals surface area (Å²) >= 11 is 0. The Morgan fingerprint density at radius 3 is 2.06 bits per heavy atom. The summed E-state index contributed by atoms with van der Waals surface area (Å²) < 4.78 is 36.6. The maximum atomic E-state index is 13.9. The Hall–Kier alpha value is -1.61. The molecule has 0 aromatic carbocycles. The van der Waals surface area contributed by atoms with Gasteiger partial charge in [0.2, 0.25) is 0 Å². The van der Waals surface area contributed by atoms with Crippen LogP contribution in [-0.4, -0.2) is 158 Å². The molecule has 3 saturated heterocycles. The van der Waals surface area contributed by atoms with E-state index in [1.807, 2.05) is 0 Å². The summed E-state index contributed by atoms with van der Waals surface area (Å²) in [7, 11) is 0. The van der Waals surface area contributed by atoms with Gasteiger partial charge in [0.05, 0.1) is 31.3 Å². The van der Waals surface area contributed by atoms with Crippen LogP contribution in [0.2, 0.25) is 0 Å². The summed E-state index contributed by atoms with van der Waals surface area (Å²) in [5.74, 6) is 0.460. The number of aliphatic hydroxyl groups is 8. The van der Waals surface area contributed by atoms with E-state index in [1.165, 1.54) is 11.1 Å². The molecule has 7 aliphatic rings. The molecule has 360 valence electrons. The van der Waals surface area contributed by atoms with Crippen molar-refractivity contribution in [1.82, 2.24) is 0 Å². The molecule has 16 nitrogen and oxygen atoms in total. The molecular weight excluding hydrogens is 821 g/mol. The Balaban J connectivity index is 1.15. The second kappa shape index (κ2) is 18.5. The van der Waals surface area contributed by atoms with Crippen molar-refractivity contribution in [3.8, 4) is 0 Å². The molecule has 4 aliphatic carbocycles. The standard InChI is InChI=1S/C47H76O16/c1-22(2)23(3)9-10-24(4)25-14-18-47(43(56)57)27-11-12-31-44(5,6)32(15-16-45(31,7)26(27)13-17-46(25,47)8)61-42-39(63-41-37(55)35(53)34(52)30(19-48)60-41)38(29(50)21-59-42)62-40-36(54)33(51)28(49)20-58-40/h22,24-25,28-42,48-55H,3,9-21H2,1-2,4-8H3,(H,56,57)/t24-,25?,28+,29+,30?,31?,32+,33?,34+,35?,36?,37?,38?,39?,40+,41+,42+,45-,46-,47?/m1/s1. The average molecular weight is 897 g/mol. The fourth-order valence-corrected chi connectivity index (χ4v) is 13.6. The van der Waals surface area contributed by atoms with Crippen LogP contribution in [0, 0.1) is 45.3 Å². The van der Waals surface area contributed by atoms with Gasteiger partial charge in [0, 0.05) is 0 Å². The van der Waals surface area contributed by atoms with Gasteiger partial charge >= 0.3 is 5.97 Å². The number of rotatable bonds is 13. The van der Waals surface area contributed by atoms with Crippen LogP contribution in [0.5, 0.6) is 0 Å².